The Morgan fingerprint density at radius 3 is 2.39 bits per heavy atom. The first kappa shape index (κ1) is 16.9. The number of rotatable bonds is 2. The molecule has 1 heterocycles. The van der Waals surface area contributed by atoms with Gasteiger partial charge < -0.3 is 9.30 Å². The summed E-state index contributed by atoms with van der Waals surface area (Å²) in [6.07, 6.45) is -4.67. The minimum absolute atomic E-state index is 0.106. The van der Waals surface area contributed by atoms with E-state index in [9.17, 15) is 18.0 Å². The lowest BCUT2D eigenvalue weighted by Gasteiger charge is -2.27. The first-order chi connectivity index (χ1) is 10.6. The molecule has 4 nitrogen and oxygen atoms in total. The van der Waals surface area contributed by atoms with Gasteiger partial charge in [0.15, 0.2) is 0 Å². The average Bonchev–Trinajstić information content (AvgIpc) is 2.79. The van der Waals surface area contributed by atoms with Gasteiger partial charge in [0.1, 0.15) is 5.54 Å². The molecule has 0 radical (unpaired) electrons. The number of esters is 1. The largest absolute Gasteiger partial charge is 0.467 e. The molecule has 2 rings (SSSR count). The smallest absolute Gasteiger partial charge is 0.418 e. The number of nitriles is 1. The van der Waals surface area contributed by atoms with Crippen molar-refractivity contribution in [3.8, 4) is 6.07 Å². The van der Waals surface area contributed by atoms with Gasteiger partial charge in [-0.25, -0.2) is 4.79 Å². The first-order valence-corrected chi connectivity index (χ1v) is 6.77. The molecule has 0 saturated heterocycles. The van der Waals surface area contributed by atoms with E-state index in [0.29, 0.717) is 5.69 Å². The Hall–Kier alpha value is -2.49. The Labute approximate surface area is 131 Å². The lowest BCUT2D eigenvalue weighted by Crippen LogP contribution is -2.37. The Bertz CT molecular complexity index is 826. The van der Waals surface area contributed by atoms with E-state index >= 15 is 0 Å². The fourth-order valence-corrected chi connectivity index (χ4v) is 2.89. The van der Waals surface area contributed by atoms with Gasteiger partial charge in [-0.1, -0.05) is 0 Å². The molecule has 0 aliphatic rings. The van der Waals surface area contributed by atoms with Crippen LogP contribution in [0.15, 0.2) is 18.2 Å². The van der Waals surface area contributed by atoms with Crippen LogP contribution in [0.1, 0.15) is 30.7 Å². The second kappa shape index (κ2) is 5.30. The van der Waals surface area contributed by atoms with Crippen molar-refractivity contribution in [2.24, 2.45) is 0 Å². The summed E-state index contributed by atoms with van der Waals surface area (Å²) in [7, 11) is 1.22. The van der Waals surface area contributed by atoms with Crippen LogP contribution in [0, 0.1) is 18.3 Å². The number of halogens is 3. The second-order valence-corrected chi connectivity index (χ2v) is 5.70. The zero-order chi connectivity index (χ0) is 17.6. The molecule has 0 amide bonds. The van der Waals surface area contributed by atoms with Gasteiger partial charge in [0.05, 0.1) is 24.3 Å². The number of nitrogens with zero attached hydrogens (tertiary/aromatic N) is 2. The van der Waals surface area contributed by atoms with Crippen molar-refractivity contribution >= 4 is 16.9 Å². The third-order valence-electron chi connectivity index (χ3n) is 3.82. The molecule has 2 aromatic rings. The molecule has 0 aliphatic heterocycles. The summed E-state index contributed by atoms with van der Waals surface area (Å²) in [5.74, 6) is -0.573. The van der Waals surface area contributed by atoms with Gasteiger partial charge in [-0.2, -0.15) is 18.4 Å². The van der Waals surface area contributed by atoms with Crippen LogP contribution in [-0.2, 0) is 21.2 Å². The third-order valence-corrected chi connectivity index (χ3v) is 3.82. The highest BCUT2D eigenvalue weighted by Crippen LogP contribution is 2.40. The van der Waals surface area contributed by atoms with Crippen molar-refractivity contribution in [2.75, 3.05) is 7.11 Å². The molecule has 23 heavy (non-hydrogen) atoms. The Kier molecular flexibility index (Phi) is 3.89. The zero-order valence-corrected chi connectivity index (χ0v) is 13.1. The Morgan fingerprint density at radius 2 is 1.91 bits per heavy atom. The van der Waals surface area contributed by atoms with E-state index in [2.05, 4.69) is 0 Å². The molecule has 0 N–H and O–H groups in total. The maximum Gasteiger partial charge on any atom is 0.418 e. The average molecular weight is 324 g/mol. The van der Waals surface area contributed by atoms with Crippen LogP contribution in [-0.4, -0.2) is 17.6 Å². The number of aryl methyl sites for hydroxylation is 1. The van der Waals surface area contributed by atoms with E-state index in [4.69, 9.17) is 10.00 Å². The Balaban J connectivity index is 2.91. The molecule has 0 unspecified atom stereocenters. The van der Waals surface area contributed by atoms with Gasteiger partial charge in [0.25, 0.3) is 0 Å². The number of hydrogen-bond acceptors (Lipinski definition) is 3. The molecule has 0 fully saturated rings. The van der Waals surface area contributed by atoms with E-state index in [-0.39, 0.29) is 10.9 Å². The minimum atomic E-state index is -4.67. The maximum atomic E-state index is 13.4. The normalized spacial score (nSPS) is 12.3. The monoisotopic (exact) mass is 324 g/mol. The van der Waals surface area contributed by atoms with Crippen molar-refractivity contribution in [1.82, 2.24) is 4.57 Å². The van der Waals surface area contributed by atoms with E-state index in [1.807, 2.05) is 0 Å². The first-order valence-electron chi connectivity index (χ1n) is 6.77. The van der Waals surface area contributed by atoms with Gasteiger partial charge in [0, 0.05) is 16.6 Å². The van der Waals surface area contributed by atoms with Crippen LogP contribution >= 0.6 is 0 Å². The van der Waals surface area contributed by atoms with Gasteiger partial charge in [-0.3, -0.25) is 0 Å². The van der Waals surface area contributed by atoms with Crippen LogP contribution in [0.2, 0.25) is 0 Å². The molecule has 0 aliphatic carbocycles. The molecule has 122 valence electrons. The highest BCUT2D eigenvalue weighted by atomic mass is 19.4. The van der Waals surface area contributed by atoms with Gasteiger partial charge in [-0.15, -0.1) is 0 Å². The van der Waals surface area contributed by atoms with Crippen LogP contribution < -0.4 is 0 Å². The van der Waals surface area contributed by atoms with Crippen molar-refractivity contribution < 1.29 is 22.7 Å². The molecule has 0 spiro atoms. The van der Waals surface area contributed by atoms with E-state index < -0.39 is 28.8 Å². The number of methoxy groups -OCH3 is 1. The standard InChI is InChI=1S/C16H15F3N2O2/c1-9-7-11-12(21(9)15(2,3)14(22)23-4)6-5-10(8-20)13(11)16(17,18)19/h5-7H,1-4H3. The zero-order valence-electron chi connectivity index (χ0n) is 13.1. The molecule has 0 bridgehead atoms. The quantitative estimate of drug-likeness (QED) is 0.791. The topological polar surface area (TPSA) is 55.0 Å². The summed E-state index contributed by atoms with van der Waals surface area (Å²) in [6.45, 7) is 4.74. The predicted molar refractivity (Wildman–Crippen MR) is 77.7 cm³/mol. The lowest BCUT2D eigenvalue weighted by molar-refractivity contribution is -0.149. The third kappa shape index (κ3) is 2.54. The Morgan fingerprint density at radius 1 is 1.30 bits per heavy atom. The number of hydrogen-bond donors (Lipinski definition) is 0. The SMILES string of the molecule is COC(=O)C(C)(C)n1c(C)cc2c(C(F)(F)F)c(C#N)ccc21. The summed E-state index contributed by atoms with van der Waals surface area (Å²) in [6, 6.07) is 5.45. The molecule has 7 heteroatoms. The van der Waals surface area contributed by atoms with Crippen molar-refractivity contribution in [1.29, 1.82) is 5.26 Å². The van der Waals surface area contributed by atoms with Crippen LogP contribution in [0.5, 0.6) is 0 Å². The number of ether oxygens (including phenoxy) is 1. The number of aromatic nitrogens is 1. The highest BCUT2D eigenvalue weighted by molar-refractivity contribution is 5.90. The van der Waals surface area contributed by atoms with E-state index in [1.165, 1.54) is 23.8 Å². The molecule has 0 saturated carbocycles. The molecule has 0 atom stereocenters. The van der Waals surface area contributed by atoms with Crippen LogP contribution in [0.3, 0.4) is 0 Å². The van der Waals surface area contributed by atoms with Crippen molar-refractivity contribution in [3.63, 3.8) is 0 Å². The summed E-state index contributed by atoms with van der Waals surface area (Å²) >= 11 is 0. The van der Waals surface area contributed by atoms with Crippen LogP contribution in [0.25, 0.3) is 10.9 Å². The number of carbonyl (C=O) groups is 1. The van der Waals surface area contributed by atoms with Gasteiger partial charge >= 0.3 is 12.1 Å². The molecule has 1 aromatic heterocycles. The summed E-state index contributed by atoms with van der Waals surface area (Å²) < 4.78 is 46.4. The number of fused-ring (bicyclic) bond motifs is 1. The minimum Gasteiger partial charge on any atom is -0.467 e. The van der Waals surface area contributed by atoms with Gasteiger partial charge in [-0.05, 0) is 39.0 Å². The van der Waals surface area contributed by atoms with E-state index in [0.717, 1.165) is 6.07 Å². The van der Waals surface area contributed by atoms with E-state index in [1.54, 1.807) is 26.8 Å². The molecular weight excluding hydrogens is 309 g/mol. The fraction of sp³-hybridized carbons (Fsp3) is 0.375. The number of alkyl halides is 3. The van der Waals surface area contributed by atoms with Gasteiger partial charge in [0.2, 0.25) is 0 Å². The number of carbonyl (C=O) groups excluding carboxylic acids is 1. The van der Waals surface area contributed by atoms with Crippen LogP contribution in [0.4, 0.5) is 13.2 Å². The number of benzene rings is 1. The fourth-order valence-electron chi connectivity index (χ4n) is 2.89. The maximum absolute atomic E-state index is 13.4. The summed E-state index contributed by atoms with van der Waals surface area (Å²) in [5.41, 5.74) is -1.92. The summed E-state index contributed by atoms with van der Waals surface area (Å²) in [5, 5.41) is 8.87. The summed E-state index contributed by atoms with van der Waals surface area (Å²) in [4.78, 5) is 12.0. The van der Waals surface area contributed by atoms with Crippen molar-refractivity contribution in [3.05, 3.63) is 35.0 Å². The predicted octanol–water partition coefficient (Wildman–Crippen LogP) is 3.75. The molecular formula is C16H15F3N2O2. The molecule has 1 aromatic carbocycles. The van der Waals surface area contributed by atoms with Crippen molar-refractivity contribution in [2.45, 2.75) is 32.5 Å². The highest BCUT2D eigenvalue weighted by Gasteiger charge is 2.39. The lowest BCUT2D eigenvalue weighted by atomic mass is 10.0. The second-order valence-electron chi connectivity index (χ2n) is 5.70.